The first-order valence-electron chi connectivity index (χ1n) is 8.04. The van der Waals surface area contributed by atoms with Crippen molar-refractivity contribution in [3.05, 3.63) is 12.2 Å². The van der Waals surface area contributed by atoms with Crippen LogP contribution in [-0.4, -0.2) is 47.4 Å². The lowest BCUT2D eigenvalue weighted by Gasteiger charge is -2.24. The molecule has 2 bridgehead atoms. The molecule has 1 aliphatic heterocycles. The van der Waals surface area contributed by atoms with Gasteiger partial charge in [-0.1, -0.05) is 12.2 Å². The van der Waals surface area contributed by atoms with E-state index in [1.807, 2.05) is 17.1 Å². The lowest BCUT2D eigenvalue weighted by molar-refractivity contribution is -0.147. The number of rotatable bonds is 6. The molecule has 4 atom stereocenters. The molecule has 6 nitrogen and oxygen atoms in total. The van der Waals surface area contributed by atoms with Crippen LogP contribution in [0.3, 0.4) is 0 Å². The Labute approximate surface area is 129 Å². The van der Waals surface area contributed by atoms with Gasteiger partial charge in [0.15, 0.2) is 0 Å². The Kier molecular flexibility index (Phi) is 4.18. The van der Waals surface area contributed by atoms with Crippen LogP contribution in [-0.2, 0) is 14.4 Å². The monoisotopic (exact) mass is 306 g/mol. The van der Waals surface area contributed by atoms with Crippen molar-refractivity contribution >= 4 is 17.8 Å². The minimum absolute atomic E-state index is 0.000437. The average Bonchev–Trinajstić information content (AvgIpc) is 3.18. The SMILES string of the molecule is O=C(O)[C@@H]1[C@H](C(=O)NCCCN2CCCC2=O)[C@@H]2C=C[C@H]1C2. The van der Waals surface area contributed by atoms with Crippen LogP contribution in [0.4, 0.5) is 0 Å². The fourth-order valence-electron chi connectivity index (χ4n) is 4.06. The highest BCUT2D eigenvalue weighted by molar-refractivity contribution is 5.86. The van der Waals surface area contributed by atoms with Gasteiger partial charge in [-0.25, -0.2) is 0 Å². The molecule has 3 rings (SSSR count). The lowest BCUT2D eigenvalue weighted by atomic mass is 9.82. The van der Waals surface area contributed by atoms with Gasteiger partial charge >= 0.3 is 5.97 Å². The van der Waals surface area contributed by atoms with Gasteiger partial charge in [0.2, 0.25) is 11.8 Å². The number of carboxylic acids is 1. The lowest BCUT2D eigenvalue weighted by Crippen LogP contribution is -2.41. The molecule has 2 aliphatic carbocycles. The van der Waals surface area contributed by atoms with E-state index >= 15 is 0 Å². The zero-order valence-electron chi connectivity index (χ0n) is 12.5. The molecule has 1 saturated heterocycles. The molecular formula is C16H22N2O4. The highest BCUT2D eigenvalue weighted by Crippen LogP contribution is 2.48. The number of carbonyl (C=O) groups is 3. The minimum atomic E-state index is -0.875. The molecule has 22 heavy (non-hydrogen) atoms. The van der Waals surface area contributed by atoms with E-state index in [0.717, 1.165) is 19.4 Å². The van der Waals surface area contributed by atoms with Crippen LogP contribution < -0.4 is 5.32 Å². The maximum atomic E-state index is 12.3. The van der Waals surface area contributed by atoms with Crippen LogP contribution in [0.15, 0.2) is 12.2 Å². The number of amides is 2. The van der Waals surface area contributed by atoms with Gasteiger partial charge in [-0.05, 0) is 31.1 Å². The summed E-state index contributed by atoms with van der Waals surface area (Å²) < 4.78 is 0. The number of nitrogens with one attached hydrogen (secondary N) is 1. The number of aliphatic carboxylic acids is 1. The Morgan fingerprint density at radius 3 is 2.64 bits per heavy atom. The maximum Gasteiger partial charge on any atom is 0.307 e. The number of carbonyl (C=O) groups excluding carboxylic acids is 2. The van der Waals surface area contributed by atoms with Gasteiger partial charge in [0, 0.05) is 26.1 Å². The third kappa shape index (κ3) is 2.74. The first kappa shape index (κ1) is 15.1. The zero-order chi connectivity index (χ0) is 15.7. The molecule has 0 aromatic rings. The molecule has 0 aromatic heterocycles. The van der Waals surface area contributed by atoms with E-state index in [-0.39, 0.29) is 23.7 Å². The number of hydrogen-bond donors (Lipinski definition) is 2. The first-order valence-corrected chi connectivity index (χ1v) is 8.04. The second-order valence-electron chi connectivity index (χ2n) is 6.47. The second kappa shape index (κ2) is 6.10. The number of allylic oxidation sites excluding steroid dienone is 2. The summed E-state index contributed by atoms with van der Waals surface area (Å²) in [6, 6.07) is 0. The molecule has 2 N–H and O–H groups in total. The summed E-state index contributed by atoms with van der Waals surface area (Å²) in [5, 5.41) is 12.2. The molecular weight excluding hydrogens is 284 g/mol. The van der Waals surface area contributed by atoms with Gasteiger partial charge in [0.05, 0.1) is 11.8 Å². The summed E-state index contributed by atoms with van der Waals surface area (Å²) in [6.07, 6.45) is 6.96. The highest BCUT2D eigenvalue weighted by Gasteiger charge is 2.51. The van der Waals surface area contributed by atoms with Crippen molar-refractivity contribution in [3.8, 4) is 0 Å². The van der Waals surface area contributed by atoms with E-state index in [1.54, 1.807) is 0 Å². The van der Waals surface area contributed by atoms with Crippen molar-refractivity contribution in [1.29, 1.82) is 0 Å². The quantitative estimate of drug-likeness (QED) is 0.557. The van der Waals surface area contributed by atoms with Gasteiger partial charge in [-0.15, -0.1) is 0 Å². The molecule has 0 unspecified atom stereocenters. The fourth-order valence-corrected chi connectivity index (χ4v) is 4.06. The van der Waals surface area contributed by atoms with Gasteiger partial charge in [0.25, 0.3) is 0 Å². The summed E-state index contributed by atoms with van der Waals surface area (Å²) >= 11 is 0. The second-order valence-corrected chi connectivity index (χ2v) is 6.47. The molecule has 2 fully saturated rings. The summed E-state index contributed by atoms with van der Waals surface area (Å²) in [7, 11) is 0. The number of nitrogens with zero attached hydrogens (tertiary/aromatic N) is 1. The summed E-state index contributed by atoms with van der Waals surface area (Å²) in [5.41, 5.74) is 0. The van der Waals surface area contributed by atoms with E-state index in [9.17, 15) is 19.5 Å². The average molecular weight is 306 g/mol. The van der Waals surface area contributed by atoms with Crippen LogP contribution in [0.25, 0.3) is 0 Å². The van der Waals surface area contributed by atoms with Gasteiger partial charge in [-0.3, -0.25) is 14.4 Å². The fraction of sp³-hybridized carbons (Fsp3) is 0.688. The molecule has 0 spiro atoms. The van der Waals surface area contributed by atoms with Crippen molar-refractivity contribution in [2.75, 3.05) is 19.6 Å². The summed E-state index contributed by atoms with van der Waals surface area (Å²) in [4.78, 5) is 37.0. The van der Waals surface area contributed by atoms with E-state index in [1.165, 1.54) is 0 Å². The molecule has 0 aromatic carbocycles. The Balaban J connectivity index is 1.46. The summed E-state index contributed by atoms with van der Waals surface area (Å²) in [6.45, 7) is 1.97. The normalized spacial score (nSPS) is 32.7. The zero-order valence-corrected chi connectivity index (χ0v) is 12.5. The Bertz CT molecular complexity index is 516. The minimum Gasteiger partial charge on any atom is -0.481 e. The van der Waals surface area contributed by atoms with Crippen molar-refractivity contribution in [2.45, 2.75) is 25.7 Å². The van der Waals surface area contributed by atoms with E-state index in [0.29, 0.717) is 25.9 Å². The predicted octanol–water partition coefficient (Wildman–Crippen LogP) is 0.638. The first-order chi connectivity index (χ1) is 10.6. The standard InChI is InChI=1S/C16H22N2O4/c19-12-3-1-7-18(12)8-2-6-17-15(20)13-10-4-5-11(9-10)14(13)16(21)22/h4-5,10-11,13-14H,1-3,6-9H2,(H,17,20)(H,21,22)/t10-,11+,13-,14+/m1/s1. The Morgan fingerprint density at radius 1 is 1.27 bits per heavy atom. The molecule has 0 radical (unpaired) electrons. The van der Waals surface area contributed by atoms with Crippen LogP contribution in [0.2, 0.25) is 0 Å². The van der Waals surface area contributed by atoms with Crippen LogP contribution >= 0.6 is 0 Å². The van der Waals surface area contributed by atoms with Gasteiger partial charge < -0.3 is 15.3 Å². The molecule has 3 aliphatic rings. The van der Waals surface area contributed by atoms with Crippen molar-refractivity contribution in [3.63, 3.8) is 0 Å². The smallest absolute Gasteiger partial charge is 0.307 e. The highest BCUT2D eigenvalue weighted by atomic mass is 16.4. The van der Waals surface area contributed by atoms with Crippen molar-refractivity contribution < 1.29 is 19.5 Å². The van der Waals surface area contributed by atoms with E-state index in [4.69, 9.17) is 0 Å². The number of fused-ring (bicyclic) bond motifs is 2. The predicted molar refractivity (Wildman–Crippen MR) is 78.8 cm³/mol. The molecule has 1 saturated carbocycles. The number of hydrogen-bond acceptors (Lipinski definition) is 3. The maximum absolute atomic E-state index is 12.3. The third-order valence-corrected chi connectivity index (χ3v) is 5.12. The molecule has 6 heteroatoms. The Hall–Kier alpha value is -1.85. The molecule has 2 amide bonds. The largest absolute Gasteiger partial charge is 0.481 e. The number of likely N-dealkylation sites (tertiary alicyclic amines) is 1. The van der Waals surface area contributed by atoms with Crippen LogP contribution in [0, 0.1) is 23.7 Å². The topological polar surface area (TPSA) is 86.7 Å². The van der Waals surface area contributed by atoms with E-state index in [2.05, 4.69) is 5.32 Å². The van der Waals surface area contributed by atoms with Gasteiger partial charge in [0.1, 0.15) is 0 Å². The number of carboxylic acid groups (broad SMARTS) is 1. The van der Waals surface area contributed by atoms with E-state index < -0.39 is 17.8 Å². The van der Waals surface area contributed by atoms with Crippen molar-refractivity contribution in [1.82, 2.24) is 10.2 Å². The molecule has 120 valence electrons. The summed E-state index contributed by atoms with van der Waals surface area (Å²) in [5.74, 6) is -1.81. The van der Waals surface area contributed by atoms with Crippen LogP contribution in [0.5, 0.6) is 0 Å². The Morgan fingerprint density at radius 2 is 2.00 bits per heavy atom. The van der Waals surface area contributed by atoms with Crippen LogP contribution in [0.1, 0.15) is 25.7 Å². The molecule has 1 heterocycles. The third-order valence-electron chi connectivity index (χ3n) is 5.12. The van der Waals surface area contributed by atoms with Crippen molar-refractivity contribution in [2.24, 2.45) is 23.7 Å². The van der Waals surface area contributed by atoms with Gasteiger partial charge in [-0.2, -0.15) is 0 Å².